The van der Waals surface area contributed by atoms with Gasteiger partial charge in [0.1, 0.15) is 0 Å². The first-order valence-electron chi connectivity index (χ1n) is 12.4. The number of ether oxygens (including phenoxy) is 3. The number of pyridine rings is 1. The molecule has 2 aromatic rings. The number of alkyl halides is 2. The molecule has 0 bridgehead atoms. The number of methoxy groups -OCH3 is 1. The van der Waals surface area contributed by atoms with E-state index in [0.29, 0.717) is 60.6 Å². The van der Waals surface area contributed by atoms with Crippen LogP contribution in [0.15, 0.2) is 24.7 Å². The molecule has 4 heterocycles. The van der Waals surface area contributed by atoms with Crippen LogP contribution >= 0.6 is 31.7 Å². The number of anilines is 1. The van der Waals surface area contributed by atoms with Crippen molar-refractivity contribution in [3.63, 3.8) is 0 Å². The fourth-order valence-electron chi connectivity index (χ4n) is 4.33. The van der Waals surface area contributed by atoms with E-state index in [4.69, 9.17) is 25.8 Å². The van der Waals surface area contributed by atoms with E-state index >= 15 is 0 Å². The van der Waals surface area contributed by atoms with Gasteiger partial charge in [0, 0.05) is 13.2 Å². The molecule has 202 valence electrons. The summed E-state index contributed by atoms with van der Waals surface area (Å²) in [5.74, 6) is 1.05. The Morgan fingerprint density at radius 2 is 2.08 bits per heavy atom. The van der Waals surface area contributed by atoms with Gasteiger partial charge in [-0.3, -0.25) is 0 Å². The maximum absolute atomic E-state index is 12.6. The van der Waals surface area contributed by atoms with Crippen molar-refractivity contribution >= 4 is 37.5 Å². The Morgan fingerprint density at radius 1 is 1.32 bits per heavy atom. The number of hydrogen-bond donors (Lipinski definition) is 1. The van der Waals surface area contributed by atoms with Gasteiger partial charge in [0.25, 0.3) is 0 Å². The van der Waals surface area contributed by atoms with Crippen molar-refractivity contribution < 1.29 is 14.2 Å². The van der Waals surface area contributed by atoms with Gasteiger partial charge in [-0.1, -0.05) is 0 Å². The molecule has 0 saturated carbocycles. The van der Waals surface area contributed by atoms with E-state index in [1.54, 1.807) is 19.5 Å². The summed E-state index contributed by atoms with van der Waals surface area (Å²) in [7, 11) is 1.63. The van der Waals surface area contributed by atoms with Crippen LogP contribution in [0.25, 0.3) is 11.3 Å². The summed E-state index contributed by atoms with van der Waals surface area (Å²) in [4.78, 5) is 13.3. The van der Waals surface area contributed by atoms with Gasteiger partial charge in [-0.25, -0.2) is 0 Å². The molecule has 12 heteroatoms. The zero-order valence-corrected chi connectivity index (χ0v) is 24.1. The minimum absolute atomic E-state index is 0.0804. The number of nitriles is 1. The van der Waals surface area contributed by atoms with Gasteiger partial charge >= 0.3 is 184 Å². The molecule has 0 amide bonds. The van der Waals surface area contributed by atoms with Crippen molar-refractivity contribution in [1.82, 2.24) is 18.2 Å². The minimum atomic E-state index is -1.69. The fourth-order valence-corrected chi connectivity index (χ4v) is 10.5. The van der Waals surface area contributed by atoms with Crippen LogP contribution in [0.3, 0.4) is 0 Å². The standard InChI is InChI=1S/C25H33ClIN6O4/c1-18(15-35-2)33(34)27-7-3-19(4-8-27)31-23-11-20(21(26)12-30-23)22-13-29-14-24(32-22)37-17-25(16-28)5-9-36-10-6-25/h11-14,18-19H,3-10,15,17H2,1-2H3,(H,30,31)/q-1/t18-/m1/s1. The Kier molecular flexibility index (Phi) is 10.1. The zero-order valence-electron chi connectivity index (χ0n) is 21.2. The average Bonchev–Trinajstić information content (AvgIpc) is 2.94. The first-order valence-corrected chi connectivity index (χ1v) is 16.8. The van der Waals surface area contributed by atoms with Gasteiger partial charge in [0.2, 0.25) is 0 Å². The van der Waals surface area contributed by atoms with E-state index in [9.17, 15) is 10.5 Å². The number of aromatic nitrogens is 3. The van der Waals surface area contributed by atoms with Crippen molar-refractivity contribution in [3.8, 4) is 23.2 Å². The van der Waals surface area contributed by atoms with Crippen molar-refractivity contribution in [2.45, 2.75) is 44.7 Å². The van der Waals surface area contributed by atoms with Crippen LogP contribution in [-0.2, 0) is 9.47 Å². The second-order valence-corrected chi connectivity index (χ2v) is 15.3. The van der Waals surface area contributed by atoms with Gasteiger partial charge in [-0.2, -0.15) is 5.26 Å². The molecular weight excluding hydrogens is 611 g/mol. The van der Waals surface area contributed by atoms with Gasteiger partial charge in [0.15, 0.2) is 0 Å². The Bertz CT molecular complexity index is 1080. The molecule has 0 unspecified atom stereocenters. The Labute approximate surface area is 230 Å². The molecule has 2 aliphatic rings. The van der Waals surface area contributed by atoms with Crippen LogP contribution in [-0.4, -0.2) is 72.7 Å². The van der Waals surface area contributed by atoms with Crippen LogP contribution in [0.5, 0.6) is 5.88 Å². The SMILES string of the molecule is COC[C@@H](C)N([O-])I1CCC(Nc2cc(-c3cncc(OCC4(C#N)CCOCC4)n3)c(Cl)cn2)CC1. The zero-order chi connectivity index (χ0) is 26.3. The second kappa shape index (κ2) is 13.3. The third kappa shape index (κ3) is 7.40. The monoisotopic (exact) mass is 643 g/mol. The molecule has 0 aromatic carbocycles. The average molecular weight is 644 g/mol. The number of hydroxylamine groups is 1. The molecule has 2 fully saturated rings. The molecule has 0 spiro atoms. The molecule has 2 saturated heterocycles. The van der Waals surface area contributed by atoms with Crippen molar-refractivity contribution in [3.05, 3.63) is 34.9 Å². The summed E-state index contributed by atoms with van der Waals surface area (Å²) in [6.45, 7) is 3.75. The summed E-state index contributed by atoms with van der Waals surface area (Å²) in [6.07, 6.45) is 7.92. The van der Waals surface area contributed by atoms with Crippen LogP contribution in [0, 0.1) is 22.0 Å². The quantitative estimate of drug-likeness (QED) is 0.168. The number of halogens is 2. The van der Waals surface area contributed by atoms with Crippen LogP contribution < -0.4 is 10.1 Å². The van der Waals surface area contributed by atoms with E-state index in [1.165, 1.54) is 9.47 Å². The molecule has 2 aliphatic heterocycles. The molecule has 1 atom stereocenters. The Balaban J connectivity index is 1.38. The first-order chi connectivity index (χ1) is 17.9. The summed E-state index contributed by atoms with van der Waals surface area (Å²) in [6, 6.07) is 4.44. The molecule has 0 aliphatic carbocycles. The Hall–Kier alpha value is -1.82. The predicted molar refractivity (Wildman–Crippen MR) is 151 cm³/mol. The third-order valence-electron chi connectivity index (χ3n) is 6.62. The van der Waals surface area contributed by atoms with Crippen LogP contribution in [0.2, 0.25) is 5.02 Å². The van der Waals surface area contributed by atoms with Crippen molar-refractivity contribution in [2.75, 3.05) is 47.7 Å². The molecule has 37 heavy (non-hydrogen) atoms. The molecule has 10 nitrogen and oxygen atoms in total. The van der Waals surface area contributed by atoms with E-state index in [0.717, 1.165) is 21.7 Å². The topological polar surface area (TPSA) is 128 Å². The number of hydrogen-bond acceptors (Lipinski definition) is 10. The van der Waals surface area contributed by atoms with Gasteiger partial charge in [-0.15, -0.1) is 0 Å². The van der Waals surface area contributed by atoms with Crippen LogP contribution in [0.1, 0.15) is 32.6 Å². The number of nitrogens with one attached hydrogen (secondary N) is 1. The number of rotatable bonds is 10. The summed E-state index contributed by atoms with van der Waals surface area (Å²) in [5, 5.41) is 26.2. The molecular formula is C25H33ClIN6O4-. The fraction of sp³-hybridized carbons (Fsp3) is 0.600. The van der Waals surface area contributed by atoms with E-state index in [-0.39, 0.29) is 18.7 Å². The van der Waals surface area contributed by atoms with Crippen molar-refractivity contribution in [1.29, 1.82) is 5.26 Å². The second-order valence-electron chi connectivity index (χ2n) is 9.39. The normalized spacial score (nSPS) is 19.8. The van der Waals surface area contributed by atoms with Gasteiger partial charge < -0.3 is 4.74 Å². The Morgan fingerprint density at radius 3 is 2.78 bits per heavy atom. The van der Waals surface area contributed by atoms with Crippen molar-refractivity contribution in [2.24, 2.45) is 5.41 Å². The first kappa shape index (κ1) is 28.2. The van der Waals surface area contributed by atoms with Gasteiger partial charge in [0.05, 0.1) is 11.5 Å². The van der Waals surface area contributed by atoms with E-state index in [2.05, 4.69) is 26.3 Å². The maximum atomic E-state index is 12.6. The van der Waals surface area contributed by atoms with Crippen LogP contribution in [0.4, 0.5) is 5.82 Å². The molecule has 0 radical (unpaired) electrons. The van der Waals surface area contributed by atoms with Gasteiger partial charge in [-0.05, 0) is 12.8 Å². The molecule has 4 rings (SSSR count). The van der Waals surface area contributed by atoms with E-state index in [1.807, 2.05) is 13.0 Å². The predicted octanol–water partition coefficient (Wildman–Crippen LogP) is 4.72. The molecule has 1 N–H and O–H groups in total. The summed E-state index contributed by atoms with van der Waals surface area (Å²) < 4.78 is 19.7. The van der Waals surface area contributed by atoms with E-state index < -0.39 is 25.5 Å². The summed E-state index contributed by atoms with van der Waals surface area (Å²) >= 11 is 4.79. The third-order valence-corrected chi connectivity index (χ3v) is 13.0. The molecule has 2 aromatic heterocycles. The summed E-state index contributed by atoms with van der Waals surface area (Å²) in [5.41, 5.74) is 0.688. The number of nitrogens with zero attached hydrogens (tertiary/aromatic N) is 5.